The molecule has 2 rings (SSSR count). The van der Waals surface area contributed by atoms with Gasteiger partial charge in [-0.25, -0.2) is 0 Å². The Morgan fingerprint density at radius 3 is 2.71 bits per heavy atom. The second-order valence-corrected chi connectivity index (χ2v) is 5.08. The number of rotatable bonds is 4. The fourth-order valence-corrected chi connectivity index (χ4v) is 2.17. The van der Waals surface area contributed by atoms with Crippen LogP contribution in [0, 0.1) is 17.0 Å². The Bertz CT molecular complexity index is 701. The highest BCUT2D eigenvalue weighted by Crippen LogP contribution is 2.18. The topological polar surface area (TPSA) is 72.2 Å². The summed E-state index contributed by atoms with van der Waals surface area (Å²) in [6.07, 6.45) is 0. The normalized spacial score (nSPS) is 10.2. The molecule has 108 valence electrons. The Morgan fingerprint density at radius 2 is 2.00 bits per heavy atom. The Balaban J connectivity index is 2.15. The predicted molar refractivity (Wildman–Crippen MR) is 82.7 cm³/mol. The van der Waals surface area contributed by atoms with E-state index in [1.54, 1.807) is 30.3 Å². The van der Waals surface area contributed by atoms with E-state index in [0.717, 1.165) is 5.56 Å². The third kappa shape index (κ3) is 3.61. The molecule has 1 amide bonds. The molecular formula is C15H14N2O3S. The van der Waals surface area contributed by atoms with Gasteiger partial charge >= 0.3 is 0 Å². The summed E-state index contributed by atoms with van der Waals surface area (Å²) in [6, 6.07) is 11.6. The monoisotopic (exact) mass is 302 g/mol. The SMILES string of the molecule is Cc1ccc(S)cc1C(=O)NCc1ccccc1[N+](=O)[O-]. The number of amides is 1. The van der Waals surface area contributed by atoms with Crippen LogP contribution in [0.15, 0.2) is 47.4 Å². The van der Waals surface area contributed by atoms with E-state index in [1.165, 1.54) is 6.07 Å². The zero-order valence-electron chi connectivity index (χ0n) is 11.4. The van der Waals surface area contributed by atoms with Crippen molar-refractivity contribution in [2.75, 3.05) is 0 Å². The molecule has 0 radical (unpaired) electrons. The van der Waals surface area contributed by atoms with Crippen molar-refractivity contribution in [1.82, 2.24) is 5.32 Å². The molecule has 21 heavy (non-hydrogen) atoms. The van der Waals surface area contributed by atoms with Crippen LogP contribution in [-0.2, 0) is 6.54 Å². The van der Waals surface area contributed by atoms with Crippen molar-refractivity contribution < 1.29 is 9.72 Å². The van der Waals surface area contributed by atoms with Crippen LogP contribution in [-0.4, -0.2) is 10.8 Å². The fraction of sp³-hybridized carbons (Fsp3) is 0.133. The molecule has 0 spiro atoms. The number of nitrogens with zero attached hydrogens (tertiary/aromatic N) is 1. The molecule has 0 bridgehead atoms. The quantitative estimate of drug-likeness (QED) is 0.518. The first-order valence-electron chi connectivity index (χ1n) is 6.29. The maximum atomic E-state index is 12.2. The van der Waals surface area contributed by atoms with Crippen LogP contribution in [0.1, 0.15) is 21.5 Å². The number of nitrogens with one attached hydrogen (secondary N) is 1. The summed E-state index contributed by atoms with van der Waals surface area (Å²) in [5, 5.41) is 13.6. The smallest absolute Gasteiger partial charge is 0.274 e. The zero-order valence-corrected chi connectivity index (χ0v) is 12.3. The fourth-order valence-electron chi connectivity index (χ4n) is 1.96. The molecule has 0 aliphatic rings. The number of carbonyl (C=O) groups is 1. The number of nitro groups is 1. The summed E-state index contributed by atoms with van der Waals surface area (Å²) in [6.45, 7) is 1.93. The molecule has 0 aromatic heterocycles. The Kier molecular flexibility index (Phi) is 4.59. The summed E-state index contributed by atoms with van der Waals surface area (Å²) >= 11 is 4.21. The number of aryl methyl sites for hydroxylation is 1. The number of carbonyl (C=O) groups excluding carboxylic acids is 1. The number of hydrogen-bond donors (Lipinski definition) is 2. The molecule has 0 atom stereocenters. The van der Waals surface area contributed by atoms with E-state index in [9.17, 15) is 14.9 Å². The van der Waals surface area contributed by atoms with Gasteiger partial charge in [-0.15, -0.1) is 12.6 Å². The predicted octanol–water partition coefficient (Wildman–Crippen LogP) is 3.12. The lowest BCUT2D eigenvalue weighted by molar-refractivity contribution is -0.385. The molecule has 0 aliphatic heterocycles. The van der Waals surface area contributed by atoms with Crippen LogP contribution in [0.2, 0.25) is 0 Å². The molecule has 1 N–H and O–H groups in total. The number of nitro benzene ring substituents is 1. The third-order valence-corrected chi connectivity index (χ3v) is 3.37. The van der Waals surface area contributed by atoms with E-state index in [0.29, 0.717) is 16.0 Å². The number of hydrogen-bond acceptors (Lipinski definition) is 4. The van der Waals surface area contributed by atoms with Crippen molar-refractivity contribution in [3.8, 4) is 0 Å². The van der Waals surface area contributed by atoms with Crippen molar-refractivity contribution in [3.63, 3.8) is 0 Å². The van der Waals surface area contributed by atoms with E-state index < -0.39 is 4.92 Å². The lowest BCUT2D eigenvalue weighted by atomic mass is 10.1. The molecule has 6 heteroatoms. The van der Waals surface area contributed by atoms with Crippen LogP contribution < -0.4 is 5.32 Å². The lowest BCUT2D eigenvalue weighted by Crippen LogP contribution is -2.24. The van der Waals surface area contributed by atoms with Crippen molar-refractivity contribution in [1.29, 1.82) is 0 Å². The summed E-state index contributed by atoms with van der Waals surface area (Å²) in [4.78, 5) is 23.3. The third-order valence-electron chi connectivity index (χ3n) is 3.09. The highest BCUT2D eigenvalue weighted by molar-refractivity contribution is 7.80. The highest BCUT2D eigenvalue weighted by Gasteiger charge is 2.14. The van der Waals surface area contributed by atoms with E-state index >= 15 is 0 Å². The first kappa shape index (κ1) is 15.1. The summed E-state index contributed by atoms with van der Waals surface area (Å²) in [5.74, 6) is -0.276. The summed E-state index contributed by atoms with van der Waals surface area (Å²) in [5.41, 5.74) is 1.81. The van der Waals surface area contributed by atoms with Crippen molar-refractivity contribution in [2.45, 2.75) is 18.4 Å². The van der Waals surface area contributed by atoms with Gasteiger partial charge in [-0.1, -0.05) is 24.3 Å². The molecule has 0 heterocycles. The molecule has 0 unspecified atom stereocenters. The van der Waals surface area contributed by atoms with E-state index in [1.807, 2.05) is 13.0 Å². The molecular weight excluding hydrogens is 288 g/mol. The summed E-state index contributed by atoms with van der Waals surface area (Å²) < 4.78 is 0. The van der Waals surface area contributed by atoms with Crippen LogP contribution in [0.4, 0.5) is 5.69 Å². The van der Waals surface area contributed by atoms with Gasteiger partial charge in [0, 0.05) is 28.6 Å². The molecule has 0 saturated heterocycles. The van der Waals surface area contributed by atoms with Crippen molar-refractivity contribution in [2.24, 2.45) is 0 Å². The van der Waals surface area contributed by atoms with E-state index in [4.69, 9.17) is 0 Å². The number of para-hydroxylation sites is 1. The zero-order chi connectivity index (χ0) is 15.4. The molecule has 5 nitrogen and oxygen atoms in total. The number of thiol groups is 1. The van der Waals surface area contributed by atoms with Crippen LogP contribution in [0.25, 0.3) is 0 Å². The maximum absolute atomic E-state index is 12.2. The average Bonchev–Trinajstić information content (AvgIpc) is 2.47. The molecule has 0 aliphatic carbocycles. The minimum Gasteiger partial charge on any atom is -0.348 e. The highest BCUT2D eigenvalue weighted by atomic mass is 32.1. The van der Waals surface area contributed by atoms with Gasteiger partial charge in [-0.05, 0) is 24.6 Å². The van der Waals surface area contributed by atoms with Gasteiger partial charge in [0.05, 0.1) is 4.92 Å². The second kappa shape index (κ2) is 6.41. The van der Waals surface area contributed by atoms with Gasteiger partial charge in [-0.3, -0.25) is 14.9 Å². The second-order valence-electron chi connectivity index (χ2n) is 4.57. The Labute approximate surface area is 127 Å². The standard InChI is InChI=1S/C15H14N2O3S/c1-10-6-7-12(21)8-13(10)15(18)16-9-11-4-2-3-5-14(11)17(19)20/h2-8,21H,9H2,1H3,(H,16,18). The minimum atomic E-state index is -0.457. The minimum absolute atomic E-state index is 0.00234. The van der Waals surface area contributed by atoms with Gasteiger partial charge in [-0.2, -0.15) is 0 Å². The first-order chi connectivity index (χ1) is 9.99. The molecule has 2 aromatic carbocycles. The van der Waals surface area contributed by atoms with E-state index in [-0.39, 0.29) is 18.1 Å². The van der Waals surface area contributed by atoms with Crippen LogP contribution in [0.3, 0.4) is 0 Å². The summed E-state index contributed by atoms with van der Waals surface area (Å²) in [7, 11) is 0. The molecule has 0 saturated carbocycles. The first-order valence-corrected chi connectivity index (χ1v) is 6.74. The van der Waals surface area contributed by atoms with Crippen LogP contribution >= 0.6 is 12.6 Å². The van der Waals surface area contributed by atoms with Crippen molar-refractivity contribution in [3.05, 3.63) is 69.3 Å². The van der Waals surface area contributed by atoms with E-state index in [2.05, 4.69) is 17.9 Å². The van der Waals surface area contributed by atoms with Gasteiger partial charge < -0.3 is 5.32 Å². The van der Waals surface area contributed by atoms with Gasteiger partial charge in [0.15, 0.2) is 0 Å². The van der Waals surface area contributed by atoms with Gasteiger partial charge in [0.1, 0.15) is 0 Å². The molecule has 0 fully saturated rings. The van der Waals surface area contributed by atoms with Gasteiger partial charge in [0.2, 0.25) is 0 Å². The largest absolute Gasteiger partial charge is 0.348 e. The van der Waals surface area contributed by atoms with Crippen molar-refractivity contribution >= 4 is 24.2 Å². The maximum Gasteiger partial charge on any atom is 0.274 e. The lowest BCUT2D eigenvalue weighted by Gasteiger charge is -2.08. The molecule has 2 aromatic rings. The average molecular weight is 302 g/mol. The Hall–Kier alpha value is -2.34. The Morgan fingerprint density at radius 1 is 1.29 bits per heavy atom. The van der Waals surface area contributed by atoms with Gasteiger partial charge in [0.25, 0.3) is 11.6 Å². The van der Waals surface area contributed by atoms with Crippen LogP contribution in [0.5, 0.6) is 0 Å². The number of benzene rings is 2.